The Hall–Kier alpha value is -3.39. The summed E-state index contributed by atoms with van der Waals surface area (Å²) in [6.45, 7) is 4.24. The van der Waals surface area contributed by atoms with Crippen molar-refractivity contribution in [1.29, 1.82) is 0 Å². The number of nitrogens with one attached hydrogen (secondary N) is 3. The third-order valence-electron chi connectivity index (χ3n) is 5.74. The van der Waals surface area contributed by atoms with Crippen LogP contribution in [0.5, 0.6) is 5.75 Å². The number of aromatic amines is 1. The van der Waals surface area contributed by atoms with Crippen molar-refractivity contribution in [3.8, 4) is 5.75 Å². The monoisotopic (exact) mass is 405 g/mol. The van der Waals surface area contributed by atoms with Crippen molar-refractivity contribution in [3.63, 3.8) is 0 Å². The maximum absolute atomic E-state index is 12.7. The molecule has 0 spiro atoms. The topological polar surface area (TPSA) is 99.3 Å². The van der Waals surface area contributed by atoms with Crippen LogP contribution in [-0.2, 0) is 11.3 Å². The van der Waals surface area contributed by atoms with E-state index in [1.807, 2.05) is 6.07 Å². The number of H-pyrrole nitrogens is 1. The molecule has 0 unspecified atom stereocenters. The van der Waals surface area contributed by atoms with Crippen molar-refractivity contribution in [2.24, 2.45) is 0 Å². The molecule has 3 N–H and O–H groups in total. The van der Waals surface area contributed by atoms with E-state index >= 15 is 0 Å². The second-order valence-electron chi connectivity index (χ2n) is 7.92. The summed E-state index contributed by atoms with van der Waals surface area (Å²) < 4.78 is 5.38. The lowest BCUT2D eigenvalue weighted by molar-refractivity contribution is -0.118. The number of amides is 2. The molecule has 0 saturated carbocycles. The third kappa shape index (κ3) is 3.61. The molecule has 8 heteroatoms. The molecule has 0 radical (unpaired) electrons. The lowest BCUT2D eigenvalue weighted by atomic mass is 10.1. The van der Waals surface area contributed by atoms with Gasteiger partial charge in [-0.2, -0.15) is 0 Å². The van der Waals surface area contributed by atoms with Crippen LogP contribution < -0.4 is 15.4 Å². The Morgan fingerprint density at radius 2 is 2.23 bits per heavy atom. The summed E-state index contributed by atoms with van der Waals surface area (Å²) in [4.78, 5) is 34.3. The molecule has 2 aliphatic rings. The molecule has 5 rings (SSSR count). The number of anilines is 2. The van der Waals surface area contributed by atoms with Crippen LogP contribution >= 0.6 is 0 Å². The minimum atomic E-state index is -0.289. The number of likely N-dealkylation sites (tertiary alicyclic amines) is 1. The van der Waals surface area contributed by atoms with Gasteiger partial charge in [-0.15, -0.1) is 0 Å². The van der Waals surface area contributed by atoms with Gasteiger partial charge in [0, 0.05) is 41.5 Å². The minimum Gasteiger partial charge on any atom is -0.482 e. The Morgan fingerprint density at radius 1 is 1.33 bits per heavy atom. The van der Waals surface area contributed by atoms with E-state index in [1.165, 1.54) is 12.8 Å². The highest BCUT2D eigenvalue weighted by atomic mass is 16.5. The highest BCUT2D eigenvalue weighted by Gasteiger charge is 2.21. The molecule has 154 valence electrons. The van der Waals surface area contributed by atoms with Crippen LogP contribution in [0.3, 0.4) is 0 Å². The summed E-state index contributed by atoms with van der Waals surface area (Å²) in [5.41, 5.74) is 3.09. The van der Waals surface area contributed by atoms with Gasteiger partial charge in [0.1, 0.15) is 11.6 Å². The third-order valence-corrected chi connectivity index (χ3v) is 5.74. The van der Waals surface area contributed by atoms with Crippen LogP contribution in [0.1, 0.15) is 35.8 Å². The zero-order valence-corrected chi connectivity index (χ0v) is 16.7. The van der Waals surface area contributed by atoms with E-state index < -0.39 is 0 Å². The van der Waals surface area contributed by atoms with Gasteiger partial charge in [-0.1, -0.05) is 0 Å². The SMILES string of the molecule is C[C@H]1CCCN1Cc1cc2cnc(NC(=O)c3ccc4c(c3)OCC(=O)N4)cc2[nH]1. The van der Waals surface area contributed by atoms with Gasteiger partial charge in [0.05, 0.1) is 11.2 Å². The molecular weight excluding hydrogens is 382 g/mol. The minimum absolute atomic E-state index is 0.0539. The number of fused-ring (bicyclic) bond motifs is 2. The molecule has 1 saturated heterocycles. The Balaban J connectivity index is 1.31. The van der Waals surface area contributed by atoms with E-state index in [-0.39, 0.29) is 18.4 Å². The number of carbonyl (C=O) groups is 2. The largest absolute Gasteiger partial charge is 0.482 e. The van der Waals surface area contributed by atoms with Crippen LogP contribution in [0.25, 0.3) is 10.9 Å². The van der Waals surface area contributed by atoms with Gasteiger partial charge in [-0.3, -0.25) is 14.5 Å². The van der Waals surface area contributed by atoms with Crippen molar-refractivity contribution >= 4 is 34.2 Å². The number of benzene rings is 1. The first kappa shape index (κ1) is 18.6. The molecule has 2 aliphatic heterocycles. The van der Waals surface area contributed by atoms with Gasteiger partial charge >= 0.3 is 0 Å². The normalized spacial score (nSPS) is 18.7. The first-order chi connectivity index (χ1) is 14.5. The molecule has 8 nitrogen and oxygen atoms in total. The lowest BCUT2D eigenvalue weighted by Crippen LogP contribution is -2.26. The van der Waals surface area contributed by atoms with E-state index in [1.54, 1.807) is 24.4 Å². The second-order valence-corrected chi connectivity index (χ2v) is 7.92. The number of carbonyl (C=O) groups excluding carboxylic acids is 2. The van der Waals surface area contributed by atoms with Gasteiger partial charge in [0.2, 0.25) is 0 Å². The van der Waals surface area contributed by atoms with Crippen molar-refractivity contribution in [3.05, 3.63) is 47.8 Å². The Bertz CT molecular complexity index is 1140. The first-order valence-corrected chi connectivity index (χ1v) is 10.1. The van der Waals surface area contributed by atoms with Gasteiger partial charge in [-0.05, 0) is 50.6 Å². The van der Waals surface area contributed by atoms with Crippen LogP contribution in [0.15, 0.2) is 36.5 Å². The molecule has 3 aromatic rings. The van der Waals surface area contributed by atoms with E-state index in [9.17, 15) is 9.59 Å². The molecule has 0 bridgehead atoms. The zero-order valence-electron chi connectivity index (χ0n) is 16.7. The maximum atomic E-state index is 12.7. The summed E-state index contributed by atoms with van der Waals surface area (Å²) in [6, 6.07) is 9.50. The highest BCUT2D eigenvalue weighted by Crippen LogP contribution is 2.29. The summed E-state index contributed by atoms with van der Waals surface area (Å²) in [6.07, 6.45) is 4.27. The quantitative estimate of drug-likeness (QED) is 0.619. The molecule has 0 aliphatic carbocycles. The van der Waals surface area contributed by atoms with Gasteiger partial charge in [0.15, 0.2) is 6.61 Å². The van der Waals surface area contributed by atoms with E-state index in [2.05, 4.69) is 38.5 Å². The molecule has 4 heterocycles. The van der Waals surface area contributed by atoms with Crippen molar-refractivity contribution < 1.29 is 14.3 Å². The van der Waals surface area contributed by atoms with E-state index in [4.69, 9.17) is 4.74 Å². The average molecular weight is 405 g/mol. The molecule has 1 fully saturated rings. The molecule has 2 aromatic heterocycles. The standard InChI is InChI=1S/C22H23N5O3/c1-13-3-2-6-27(13)11-16-7-15-10-23-20(9-18(15)24-16)26-22(29)14-4-5-17-19(8-14)30-12-21(28)25-17/h4-5,7-10,13,24H,2-3,6,11-12H2,1H3,(H,25,28)(H,23,26,29)/t13-/m0/s1. The predicted molar refractivity (Wildman–Crippen MR) is 114 cm³/mol. The van der Waals surface area contributed by atoms with Crippen LogP contribution in [0.4, 0.5) is 11.5 Å². The van der Waals surface area contributed by atoms with Crippen molar-refractivity contribution in [1.82, 2.24) is 14.9 Å². The van der Waals surface area contributed by atoms with Gasteiger partial charge < -0.3 is 20.4 Å². The van der Waals surface area contributed by atoms with E-state index in [0.717, 1.165) is 29.7 Å². The second kappa shape index (κ2) is 7.46. The Kier molecular flexibility index (Phi) is 4.63. The Labute approximate surface area is 173 Å². The van der Waals surface area contributed by atoms with Crippen LogP contribution in [-0.4, -0.2) is 45.9 Å². The van der Waals surface area contributed by atoms with Crippen molar-refractivity contribution in [2.45, 2.75) is 32.4 Å². The number of nitrogens with zero attached hydrogens (tertiary/aromatic N) is 2. The summed E-state index contributed by atoms with van der Waals surface area (Å²) in [5, 5.41) is 6.56. The molecule has 1 aromatic carbocycles. The smallest absolute Gasteiger partial charge is 0.262 e. The molecule has 2 amide bonds. The number of hydrogen-bond acceptors (Lipinski definition) is 5. The van der Waals surface area contributed by atoms with Crippen molar-refractivity contribution in [2.75, 3.05) is 23.8 Å². The van der Waals surface area contributed by atoms with E-state index in [0.29, 0.717) is 28.9 Å². The Morgan fingerprint density at radius 3 is 3.07 bits per heavy atom. The summed E-state index contributed by atoms with van der Waals surface area (Å²) in [7, 11) is 0. The predicted octanol–water partition coefficient (Wildman–Crippen LogP) is 3.13. The number of ether oxygens (including phenoxy) is 1. The number of hydrogen-bond donors (Lipinski definition) is 3. The average Bonchev–Trinajstić information content (AvgIpc) is 3.32. The fourth-order valence-corrected chi connectivity index (χ4v) is 4.09. The first-order valence-electron chi connectivity index (χ1n) is 10.1. The molecule has 1 atom stereocenters. The number of pyridine rings is 1. The van der Waals surface area contributed by atoms with Gasteiger partial charge in [0.25, 0.3) is 11.8 Å². The fraction of sp³-hybridized carbons (Fsp3) is 0.318. The lowest BCUT2D eigenvalue weighted by Gasteiger charge is -2.19. The number of rotatable bonds is 4. The van der Waals surface area contributed by atoms with Gasteiger partial charge in [-0.25, -0.2) is 4.98 Å². The molecular formula is C22H23N5O3. The fourth-order valence-electron chi connectivity index (χ4n) is 4.09. The zero-order chi connectivity index (χ0) is 20.7. The molecule has 30 heavy (non-hydrogen) atoms. The maximum Gasteiger partial charge on any atom is 0.262 e. The summed E-state index contributed by atoms with van der Waals surface area (Å²) in [5.74, 6) is 0.461. The van der Waals surface area contributed by atoms with Crippen LogP contribution in [0.2, 0.25) is 0 Å². The summed E-state index contributed by atoms with van der Waals surface area (Å²) >= 11 is 0. The van der Waals surface area contributed by atoms with Crippen LogP contribution in [0, 0.1) is 0 Å². The highest BCUT2D eigenvalue weighted by molar-refractivity contribution is 6.05. The number of aromatic nitrogens is 2.